The van der Waals surface area contributed by atoms with Gasteiger partial charge in [-0.2, -0.15) is 0 Å². The Morgan fingerprint density at radius 1 is 1.29 bits per heavy atom. The van der Waals surface area contributed by atoms with Crippen LogP contribution in [0.25, 0.3) is 0 Å². The number of hydrogen-bond acceptors (Lipinski definition) is 3. The molecule has 1 N–H and O–H groups in total. The van der Waals surface area contributed by atoms with Crippen molar-refractivity contribution < 1.29 is 4.79 Å². The monoisotopic (exact) mass is 304 g/mol. The molecule has 1 amide bonds. The molecule has 1 saturated heterocycles. The number of thiophene rings is 1. The average molecular weight is 304 g/mol. The molecule has 2 atom stereocenters. The summed E-state index contributed by atoms with van der Waals surface area (Å²) >= 11 is 1.82. The molecule has 3 nitrogen and oxygen atoms in total. The Bertz CT molecular complexity index is 587. The topological polar surface area (TPSA) is 32.3 Å². The first-order chi connectivity index (χ1) is 9.93. The van der Waals surface area contributed by atoms with E-state index in [1.807, 2.05) is 11.3 Å². The van der Waals surface area contributed by atoms with Gasteiger partial charge in [-0.3, -0.25) is 10.1 Å². The first-order valence-electron chi connectivity index (χ1n) is 8.10. The van der Waals surface area contributed by atoms with Gasteiger partial charge in [-0.15, -0.1) is 11.3 Å². The standard InChI is InChI=1S/C17H24N2OS/c1-11-6-7-12(21-11)14-18-17(9-10-17)15(20)19(14)13-5-4-8-16(13,2)3/h6-7,13-14,18H,4-5,8-10H2,1-3H3. The van der Waals surface area contributed by atoms with Crippen molar-refractivity contribution in [2.24, 2.45) is 5.41 Å². The summed E-state index contributed by atoms with van der Waals surface area (Å²) in [4.78, 5) is 17.9. The number of nitrogens with zero attached hydrogens (tertiary/aromatic N) is 1. The number of nitrogens with one attached hydrogen (secondary N) is 1. The molecule has 0 bridgehead atoms. The second-order valence-corrected chi connectivity index (χ2v) is 9.01. The first kappa shape index (κ1) is 13.8. The molecular formula is C17H24N2OS. The van der Waals surface area contributed by atoms with Crippen molar-refractivity contribution >= 4 is 17.2 Å². The average Bonchev–Trinajstić information content (AvgIpc) is 2.82. The predicted molar refractivity (Wildman–Crippen MR) is 85.2 cm³/mol. The van der Waals surface area contributed by atoms with Gasteiger partial charge < -0.3 is 4.90 Å². The highest BCUT2D eigenvalue weighted by Crippen LogP contribution is 2.52. The van der Waals surface area contributed by atoms with E-state index in [0.717, 1.165) is 19.3 Å². The highest BCUT2D eigenvalue weighted by Gasteiger charge is 2.62. The minimum absolute atomic E-state index is 0.0982. The lowest BCUT2D eigenvalue weighted by Gasteiger charge is -2.38. The third kappa shape index (κ3) is 1.99. The molecular weight excluding hydrogens is 280 g/mol. The summed E-state index contributed by atoms with van der Waals surface area (Å²) in [5, 5.41) is 3.67. The molecule has 2 aliphatic carbocycles. The first-order valence-corrected chi connectivity index (χ1v) is 8.91. The number of rotatable bonds is 2. The smallest absolute Gasteiger partial charge is 0.244 e. The fraction of sp³-hybridized carbons (Fsp3) is 0.706. The van der Waals surface area contributed by atoms with Crippen molar-refractivity contribution in [3.05, 3.63) is 21.9 Å². The summed E-state index contributed by atoms with van der Waals surface area (Å²) in [5.74, 6) is 0.360. The van der Waals surface area contributed by atoms with Crippen LogP contribution in [-0.4, -0.2) is 22.4 Å². The van der Waals surface area contributed by atoms with Gasteiger partial charge in [-0.1, -0.05) is 20.3 Å². The second kappa shape index (κ2) is 4.32. The second-order valence-electron chi connectivity index (χ2n) is 7.69. The van der Waals surface area contributed by atoms with E-state index in [9.17, 15) is 4.79 Å². The molecule has 0 aromatic carbocycles. The molecule has 3 aliphatic rings. The van der Waals surface area contributed by atoms with Gasteiger partial charge in [0, 0.05) is 15.8 Å². The van der Waals surface area contributed by atoms with Crippen molar-refractivity contribution in [3.63, 3.8) is 0 Å². The summed E-state index contributed by atoms with van der Waals surface area (Å²) in [6.07, 6.45) is 5.74. The summed E-state index contributed by atoms with van der Waals surface area (Å²) in [6, 6.07) is 4.74. The zero-order valence-corrected chi connectivity index (χ0v) is 13.9. The zero-order valence-electron chi connectivity index (χ0n) is 13.1. The van der Waals surface area contributed by atoms with Crippen molar-refractivity contribution in [1.82, 2.24) is 10.2 Å². The number of carbonyl (C=O) groups is 1. The summed E-state index contributed by atoms with van der Waals surface area (Å²) < 4.78 is 0. The van der Waals surface area contributed by atoms with E-state index in [0.29, 0.717) is 11.9 Å². The lowest BCUT2D eigenvalue weighted by atomic mass is 9.86. The minimum Gasteiger partial charge on any atom is -0.317 e. The van der Waals surface area contributed by atoms with Crippen LogP contribution in [-0.2, 0) is 4.79 Å². The van der Waals surface area contributed by atoms with E-state index in [-0.39, 0.29) is 17.1 Å². The van der Waals surface area contributed by atoms with Crippen LogP contribution in [0.2, 0.25) is 0 Å². The van der Waals surface area contributed by atoms with Gasteiger partial charge in [0.1, 0.15) is 11.7 Å². The van der Waals surface area contributed by atoms with E-state index in [1.165, 1.54) is 22.6 Å². The molecule has 114 valence electrons. The molecule has 2 heterocycles. The third-order valence-electron chi connectivity index (χ3n) is 5.65. The number of carbonyl (C=O) groups excluding carboxylic acids is 1. The van der Waals surface area contributed by atoms with Crippen LogP contribution in [0.1, 0.15) is 61.9 Å². The van der Waals surface area contributed by atoms with E-state index in [2.05, 4.69) is 43.1 Å². The Morgan fingerprint density at radius 3 is 2.57 bits per heavy atom. The minimum atomic E-state index is -0.221. The van der Waals surface area contributed by atoms with Crippen LogP contribution in [0.4, 0.5) is 0 Å². The summed E-state index contributed by atoms with van der Waals surface area (Å²) in [6.45, 7) is 6.79. The van der Waals surface area contributed by atoms with Gasteiger partial charge in [-0.25, -0.2) is 0 Å². The Hall–Kier alpha value is -0.870. The molecule has 2 saturated carbocycles. The predicted octanol–water partition coefficient (Wildman–Crippen LogP) is 3.60. The molecule has 21 heavy (non-hydrogen) atoms. The Morgan fingerprint density at radius 2 is 2.05 bits per heavy atom. The number of hydrogen-bond donors (Lipinski definition) is 1. The molecule has 1 aliphatic heterocycles. The van der Waals surface area contributed by atoms with Gasteiger partial charge in [-0.05, 0) is 50.2 Å². The molecule has 4 rings (SSSR count). The van der Waals surface area contributed by atoms with E-state index < -0.39 is 0 Å². The van der Waals surface area contributed by atoms with E-state index in [1.54, 1.807) is 0 Å². The Labute approximate surface area is 130 Å². The highest BCUT2D eigenvalue weighted by molar-refractivity contribution is 7.12. The Balaban J connectivity index is 1.72. The van der Waals surface area contributed by atoms with Crippen LogP contribution in [0.15, 0.2) is 12.1 Å². The zero-order chi connectivity index (χ0) is 14.8. The molecule has 1 spiro atoms. The number of amides is 1. The highest BCUT2D eigenvalue weighted by atomic mass is 32.1. The van der Waals surface area contributed by atoms with Crippen LogP contribution in [0.5, 0.6) is 0 Å². The van der Waals surface area contributed by atoms with Gasteiger partial charge in [0.2, 0.25) is 5.91 Å². The molecule has 4 heteroatoms. The van der Waals surface area contributed by atoms with Crippen LogP contribution < -0.4 is 5.32 Å². The molecule has 3 fully saturated rings. The number of aryl methyl sites for hydroxylation is 1. The maximum atomic E-state index is 13.0. The fourth-order valence-electron chi connectivity index (χ4n) is 4.19. The third-order valence-corrected chi connectivity index (χ3v) is 6.71. The van der Waals surface area contributed by atoms with Crippen LogP contribution in [0.3, 0.4) is 0 Å². The molecule has 2 unspecified atom stereocenters. The van der Waals surface area contributed by atoms with Gasteiger partial charge in [0.15, 0.2) is 0 Å². The van der Waals surface area contributed by atoms with Gasteiger partial charge in [0.05, 0.1) is 0 Å². The van der Waals surface area contributed by atoms with Gasteiger partial charge >= 0.3 is 0 Å². The Kier molecular flexibility index (Phi) is 2.84. The largest absolute Gasteiger partial charge is 0.317 e. The van der Waals surface area contributed by atoms with Gasteiger partial charge in [0.25, 0.3) is 0 Å². The SMILES string of the molecule is Cc1ccc(C2NC3(CC3)C(=O)N2C2CCCC2(C)C)s1. The van der Waals surface area contributed by atoms with E-state index >= 15 is 0 Å². The van der Waals surface area contributed by atoms with Crippen molar-refractivity contribution in [2.45, 2.75) is 70.6 Å². The van der Waals surface area contributed by atoms with Crippen molar-refractivity contribution in [3.8, 4) is 0 Å². The maximum absolute atomic E-state index is 13.0. The van der Waals surface area contributed by atoms with E-state index in [4.69, 9.17) is 0 Å². The summed E-state index contributed by atoms with van der Waals surface area (Å²) in [7, 11) is 0. The lowest BCUT2D eigenvalue weighted by molar-refractivity contribution is -0.135. The fourth-order valence-corrected chi connectivity index (χ4v) is 5.12. The van der Waals surface area contributed by atoms with Crippen molar-refractivity contribution in [1.29, 1.82) is 0 Å². The molecule has 1 aromatic rings. The molecule has 1 aromatic heterocycles. The van der Waals surface area contributed by atoms with Crippen LogP contribution >= 0.6 is 11.3 Å². The quantitative estimate of drug-likeness (QED) is 0.905. The van der Waals surface area contributed by atoms with Crippen LogP contribution in [0, 0.1) is 12.3 Å². The van der Waals surface area contributed by atoms with Crippen molar-refractivity contribution in [2.75, 3.05) is 0 Å². The lowest BCUT2D eigenvalue weighted by Crippen LogP contribution is -2.45. The summed E-state index contributed by atoms with van der Waals surface area (Å²) in [5.41, 5.74) is 0.0174. The maximum Gasteiger partial charge on any atom is 0.244 e. The molecule has 0 radical (unpaired) electrons. The normalized spacial score (nSPS) is 33.1.